The van der Waals surface area contributed by atoms with E-state index in [9.17, 15) is 14.0 Å². The number of amides is 2. The van der Waals surface area contributed by atoms with Crippen molar-refractivity contribution in [2.24, 2.45) is 5.92 Å². The van der Waals surface area contributed by atoms with Gasteiger partial charge in [0.25, 0.3) is 0 Å². The number of halogens is 1. The van der Waals surface area contributed by atoms with E-state index in [1.54, 1.807) is 17.0 Å². The molecule has 1 aromatic rings. The summed E-state index contributed by atoms with van der Waals surface area (Å²) in [6, 6.07) is 5.14. The van der Waals surface area contributed by atoms with Gasteiger partial charge in [-0.1, -0.05) is 12.1 Å². The first-order valence-electron chi connectivity index (χ1n) is 7.58. The summed E-state index contributed by atoms with van der Waals surface area (Å²) in [5.41, 5.74) is 0.512. The van der Waals surface area contributed by atoms with Gasteiger partial charge in [-0.3, -0.25) is 9.59 Å². The average molecular weight is 306 g/mol. The molecule has 5 nitrogen and oxygen atoms in total. The van der Waals surface area contributed by atoms with Crippen molar-refractivity contribution in [2.45, 2.75) is 18.9 Å². The zero-order valence-electron chi connectivity index (χ0n) is 12.3. The first-order valence-corrected chi connectivity index (χ1v) is 7.58. The summed E-state index contributed by atoms with van der Waals surface area (Å²) in [7, 11) is 0. The molecule has 2 amide bonds. The second kappa shape index (κ2) is 6.44. The first kappa shape index (κ1) is 15.0. The molecule has 0 aromatic heterocycles. The van der Waals surface area contributed by atoms with Crippen LogP contribution in [-0.2, 0) is 14.3 Å². The summed E-state index contributed by atoms with van der Waals surface area (Å²) in [4.78, 5) is 26.6. The molecule has 0 saturated carbocycles. The van der Waals surface area contributed by atoms with Gasteiger partial charge in [-0.15, -0.1) is 0 Å². The molecule has 6 heteroatoms. The maximum absolute atomic E-state index is 13.5. The summed E-state index contributed by atoms with van der Waals surface area (Å²) in [6.45, 7) is 2.02. The Kier molecular flexibility index (Phi) is 4.38. The molecule has 1 N–H and O–H groups in total. The van der Waals surface area contributed by atoms with Gasteiger partial charge in [0.2, 0.25) is 11.8 Å². The van der Waals surface area contributed by atoms with E-state index in [0.717, 1.165) is 0 Å². The van der Waals surface area contributed by atoms with Crippen LogP contribution in [0.3, 0.4) is 0 Å². The Balaban J connectivity index is 1.86. The number of carbonyl (C=O) groups is 2. The van der Waals surface area contributed by atoms with Crippen LogP contribution in [-0.4, -0.2) is 43.0 Å². The van der Waals surface area contributed by atoms with Gasteiger partial charge in [-0.2, -0.15) is 0 Å². The van der Waals surface area contributed by atoms with E-state index in [2.05, 4.69) is 5.32 Å². The molecule has 118 valence electrons. The van der Waals surface area contributed by atoms with Gasteiger partial charge in [-0.05, 0) is 30.5 Å². The maximum Gasteiger partial charge on any atom is 0.247 e. The molecule has 0 radical (unpaired) electrons. The van der Waals surface area contributed by atoms with Crippen molar-refractivity contribution in [3.05, 3.63) is 35.6 Å². The highest BCUT2D eigenvalue weighted by atomic mass is 19.1. The molecule has 22 heavy (non-hydrogen) atoms. The Labute approximate surface area is 128 Å². The molecular weight excluding hydrogens is 287 g/mol. The van der Waals surface area contributed by atoms with Crippen LogP contribution in [0.15, 0.2) is 24.3 Å². The predicted molar refractivity (Wildman–Crippen MR) is 77.4 cm³/mol. The zero-order valence-corrected chi connectivity index (χ0v) is 12.3. The van der Waals surface area contributed by atoms with Crippen molar-refractivity contribution >= 4 is 11.8 Å². The molecule has 2 saturated heterocycles. The molecule has 0 unspecified atom stereocenters. The lowest BCUT2D eigenvalue weighted by Crippen LogP contribution is -2.54. The van der Waals surface area contributed by atoms with Crippen LogP contribution < -0.4 is 5.32 Å². The van der Waals surface area contributed by atoms with Gasteiger partial charge in [0.15, 0.2) is 0 Å². The van der Waals surface area contributed by atoms with E-state index in [4.69, 9.17) is 4.74 Å². The normalized spacial score (nSPS) is 23.2. The smallest absolute Gasteiger partial charge is 0.247 e. The molecule has 1 aromatic carbocycles. The fraction of sp³-hybridized carbons (Fsp3) is 0.500. The summed E-state index contributed by atoms with van der Waals surface area (Å²) >= 11 is 0. The minimum Gasteiger partial charge on any atom is -0.381 e. The van der Waals surface area contributed by atoms with Crippen molar-refractivity contribution in [3.8, 4) is 0 Å². The Morgan fingerprint density at radius 2 is 2.09 bits per heavy atom. The monoisotopic (exact) mass is 306 g/mol. The number of rotatable bonds is 2. The zero-order chi connectivity index (χ0) is 15.5. The number of hydrogen-bond acceptors (Lipinski definition) is 3. The molecule has 0 bridgehead atoms. The van der Waals surface area contributed by atoms with Gasteiger partial charge in [0.1, 0.15) is 11.9 Å². The van der Waals surface area contributed by atoms with Crippen LogP contribution in [0.4, 0.5) is 4.39 Å². The van der Waals surface area contributed by atoms with Crippen molar-refractivity contribution < 1.29 is 18.7 Å². The molecule has 2 aliphatic heterocycles. The van der Waals surface area contributed by atoms with Crippen molar-refractivity contribution in [1.82, 2.24) is 10.2 Å². The van der Waals surface area contributed by atoms with Crippen LogP contribution in [0.2, 0.25) is 0 Å². The van der Waals surface area contributed by atoms with Gasteiger partial charge >= 0.3 is 0 Å². The summed E-state index contributed by atoms with van der Waals surface area (Å²) < 4.78 is 18.8. The van der Waals surface area contributed by atoms with Gasteiger partial charge in [0.05, 0.1) is 0 Å². The van der Waals surface area contributed by atoms with Gasteiger partial charge < -0.3 is 15.0 Å². The summed E-state index contributed by atoms with van der Waals surface area (Å²) in [5, 5.41) is 2.76. The van der Waals surface area contributed by atoms with Crippen molar-refractivity contribution in [1.29, 1.82) is 0 Å². The predicted octanol–water partition coefficient (Wildman–Crippen LogP) is 1.25. The Morgan fingerprint density at radius 3 is 2.82 bits per heavy atom. The molecule has 2 aliphatic rings. The number of hydrogen-bond donors (Lipinski definition) is 1. The topological polar surface area (TPSA) is 58.6 Å². The highest BCUT2D eigenvalue weighted by molar-refractivity contribution is 5.90. The fourth-order valence-corrected chi connectivity index (χ4v) is 3.09. The van der Waals surface area contributed by atoms with Crippen LogP contribution in [0, 0.1) is 11.7 Å². The van der Waals surface area contributed by atoms with Crippen molar-refractivity contribution in [2.75, 3.05) is 26.3 Å². The standard InChI is InChI=1S/C16H19FN2O3/c17-13-3-1-2-12(10-13)14-15(20)18-6-7-19(14)16(21)11-4-8-22-9-5-11/h1-3,10-11,14H,4-9H2,(H,18,20)/t14-/m0/s1. The Hall–Kier alpha value is -1.95. The number of piperazine rings is 1. The van der Waals surface area contributed by atoms with Crippen LogP contribution >= 0.6 is 0 Å². The number of nitrogens with one attached hydrogen (secondary N) is 1. The Bertz CT molecular complexity index is 572. The minimum absolute atomic E-state index is 0.0348. The molecule has 2 fully saturated rings. The number of ether oxygens (including phenoxy) is 1. The Morgan fingerprint density at radius 1 is 1.32 bits per heavy atom. The van der Waals surface area contributed by atoms with E-state index in [1.807, 2.05) is 0 Å². The van der Waals surface area contributed by atoms with E-state index >= 15 is 0 Å². The van der Waals surface area contributed by atoms with Crippen LogP contribution in [0.25, 0.3) is 0 Å². The van der Waals surface area contributed by atoms with Crippen molar-refractivity contribution in [3.63, 3.8) is 0 Å². The lowest BCUT2D eigenvalue weighted by molar-refractivity contribution is -0.148. The first-order chi connectivity index (χ1) is 10.7. The number of benzene rings is 1. The highest BCUT2D eigenvalue weighted by Crippen LogP contribution is 2.28. The van der Waals surface area contributed by atoms with E-state index in [0.29, 0.717) is 44.7 Å². The highest BCUT2D eigenvalue weighted by Gasteiger charge is 2.37. The molecular formula is C16H19FN2O3. The van der Waals surface area contributed by atoms with Gasteiger partial charge in [-0.25, -0.2) is 4.39 Å². The number of nitrogens with zero attached hydrogens (tertiary/aromatic N) is 1. The lowest BCUT2D eigenvalue weighted by Gasteiger charge is -2.38. The lowest BCUT2D eigenvalue weighted by atomic mass is 9.95. The quantitative estimate of drug-likeness (QED) is 0.895. The summed E-state index contributed by atoms with van der Waals surface area (Å²) in [5.74, 6) is -0.810. The molecule has 0 spiro atoms. The third-order valence-electron chi connectivity index (χ3n) is 4.23. The molecule has 2 heterocycles. The second-order valence-corrected chi connectivity index (χ2v) is 5.67. The second-order valence-electron chi connectivity index (χ2n) is 5.67. The van der Waals surface area contributed by atoms with E-state index in [-0.39, 0.29) is 17.7 Å². The van der Waals surface area contributed by atoms with Crippen LogP contribution in [0.5, 0.6) is 0 Å². The van der Waals surface area contributed by atoms with E-state index in [1.165, 1.54) is 12.1 Å². The summed E-state index contributed by atoms with van der Waals surface area (Å²) in [6.07, 6.45) is 1.35. The average Bonchev–Trinajstić information content (AvgIpc) is 2.54. The van der Waals surface area contributed by atoms with Crippen LogP contribution in [0.1, 0.15) is 24.4 Å². The number of carbonyl (C=O) groups excluding carboxylic acids is 2. The van der Waals surface area contributed by atoms with E-state index < -0.39 is 11.9 Å². The molecule has 0 aliphatic carbocycles. The third kappa shape index (κ3) is 2.97. The SMILES string of the molecule is O=C1NCCN(C(=O)C2CCOCC2)[C@H]1c1cccc(F)c1. The largest absolute Gasteiger partial charge is 0.381 e. The maximum atomic E-state index is 13.5. The molecule has 3 rings (SSSR count). The third-order valence-corrected chi connectivity index (χ3v) is 4.23. The molecule has 1 atom stereocenters. The minimum atomic E-state index is -0.750. The van der Waals surface area contributed by atoms with Gasteiger partial charge in [0, 0.05) is 32.2 Å². The fourth-order valence-electron chi connectivity index (χ4n) is 3.09.